The van der Waals surface area contributed by atoms with Gasteiger partial charge in [0.05, 0.1) is 18.8 Å². The molecule has 40 heavy (non-hydrogen) atoms. The summed E-state index contributed by atoms with van der Waals surface area (Å²) in [5.41, 5.74) is -0.919. The van der Waals surface area contributed by atoms with E-state index in [0.29, 0.717) is 0 Å². The number of benzene rings is 1. The Hall–Kier alpha value is -3.25. The van der Waals surface area contributed by atoms with E-state index in [1.165, 1.54) is 38.4 Å². The minimum Gasteiger partial charge on any atom is -0.462 e. The van der Waals surface area contributed by atoms with Crippen molar-refractivity contribution in [3.8, 4) is 11.8 Å². The van der Waals surface area contributed by atoms with Crippen molar-refractivity contribution in [1.29, 1.82) is 5.26 Å². The molecule has 1 aromatic heterocycles. The molecule has 1 heterocycles. The van der Waals surface area contributed by atoms with Crippen LogP contribution in [0, 0.1) is 11.3 Å². The first-order valence-corrected chi connectivity index (χ1v) is 14.7. The molecule has 0 saturated heterocycles. The molecule has 2 aromatic rings. The molecule has 1 aromatic carbocycles. The van der Waals surface area contributed by atoms with Gasteiger partial charge in [0.1, 0.15) is 29.8 Å². The van der Waals surface area contributed by atoms with Crippen molar-refractivity contribution in [2.45, 2.75) is 51.2 Å². The minimum absolute atomic E-state index is 0.0337. The number of hydrogen-bond acceptors (Lipinski definition) is 12. The summed E-state index contributed by atoms with van der Waals surface area (Å²) < 4.78 is 36.0. The number of anilines is 1. The van der Waals surface area contributed by atoms with E-state index in [2.05, 4.69) is 15.4 Å². The number of ether oxygens (including phenoxy) is 2. The molecule has 0 radical (unpaired) electrons. The Morgan fingerprint density at radius 2 is 1.90 bits per heavy atom. The number of nitrogens with zero attached hydrogens (tertiary/aromatic N) is 3. The normalized spacial score (nSPS) is 15.7. The highest BCUT2D eigenvalue weighted by Crippen LogP contribution is 2.45. The lowest BCUT2D eigenvalue weighted by atomic mass is 10.1. The summed E-state index contributed by atoms with van der Waals surface area (Å²) in [6, 6.07) is 8.53. The summed E-state index contributed by atoms with van der Waals surface area (Å²) in [5.74, 6) is -0.570. The number of rotatable bonds is 14. The molecule has 218 valence electrons. The lowest BCUT2D eigenvalue weighted by Gasteiger charge is -2.28. The van der Waals surface area contributed by atoms with Crippen LogP contribution in [0.2, 0.25) is 0 Å². The maximum atomic E-state index is 13.7. The van der Waals surface area contributed by atoms with Gasteiger partial charge < -0.3 is 24.4 Å². The van der Waals surface area contributed by atoms with Gasteiger partial charge in [0.25, 0.3) is 5.24 Å². The number of para-hydroxylation sites is 1. The number of aromatic nitrogens is 2. The van der Waals surface area contributed by atoms with E-state index in [0.717, 1.165) is 16.3 Å². The molecule has 0 bridgehead atoms. The van der Waals surface area contributed by atoms with Crippen LogP contribution in [0.1, 0.15) is 26.8 Å². The fourth-order valence-corrected chi connectivity index (χ4v) is 4.88. The lowest BCUT2D eigenvalue weighted by molar-refractivity contribution is -0.149. The number of amides is 1. The molecule has 0 fully saturated rings. The molecule has 1 amide bonds. The number of methoxy groups -OCH3 is 1. The van der Waals surface area contributed by atoms with Crippen LogP contribution < -0.4 is 20.6 Å². The van der Waals surface area contributed by atoms with Gasteiger partial charge in [-0.2, -0.15) is 15.3 Å². The Balaban J connectivity index is 2.24. The first kappa shape index (κ1) is 33.0. The Morgan fingerprint density at radius 3 is 2.45 bits per heavy atom. The van der Waals surface area contributed by atoms with Crippen LogP contribution in [-0.4, -0.2) is 70.2 Å². The van der Waals surface area contributed by atoms with Crippen molar-refractivity contribution in [1.82, 2.24) is 14.6 Å². The third kappa shape index (κ3) is 9.74. The fourth-order valence-electron chi connectivity index (χ4n) is 3.17. The second kappa shape index (κ2) is 15.5. The summed E-state index contributed by atoms with van der Waals surface area (Å²) in [6.07, 6.45) is -0.655. The van der Waals surface area contributed by atoms with Crippen LogP contribution in [-0.2, 0) is 23.4 Å². The molecule has 5 atom stereocenters. The van der Waals surface area contributed by atoms with E-state index >= 15 is 0 Å². The predicted molar refractivity (Wildman–Crippen MR) is 147 cm³/mol. The van der Waals surface area contributed by atoms with Gasteiger partial charge in [-0.15, -0.1) is 0 Å². The molecule has 16 heteroatoms. The summed E-state index contributed by atoms with van der Waals surface area (Å²) in [4.78, 5) is 40.1. The average Bonchev–Trinajstić information content (AvgIpc) is 2.90. The number of thioether (sulfide) groups is 1. The largest absolute Gasteiger partial charge is 0.462 e. The van der Waals surface area contributed by atoms with E-state index in [-0.39, 0.29) is 11.6 Å². The van der Waals surface area contributed by atoms with Crippen LogP contribution >= 0.6 is 19.5 Å². The molecule has 0 spiro atoms. The minimum atomic E-state index is -4.29. The second-order valence-corrected chi connectivity index (χ2v) is 11.0. The first-order chi connectivity index (χ1) is 18.9. The highest BCUT2D eigenvalue weighted by molar-refractivity contribution is 8.13. The van der Waals surface area contributed by atoms with E-state index in [1.54, 1.807) is 38.3 Å². The van der Waals surface area contributed by atoms with E-state index in [4.69, 9.17) is 18.5 Å². The van der Waals surface area contributed by atoms with E-state index < -0.39 is 61.6 Å². The first-order valence-electron chi connectivity index (χ1n) is 11.9. The SMILES string of the molecule is CO[C@H](COP(=O)(N[C@H](C)C(=O)OC(C)C)Oc1ccccc1)[C@@H](O)[C@H](C#N)n1ccc(NC(=O)SC)nc1=O. The second-order valence-electron chi connectivity index (χ2n) is 8.49. The molecule has 2 rings (SSSR count). The molecule has 3 N–H and O–H groups in total. The van der Waals surface area contributed by atoms with Gasteiger partial charge >= 0.3 is 19.4 Å². The topological polar surface area (TPSA) is 191 Å². The lowest BCUT2D eigenvalue weighted by Crippen LogP contribution is -2.43. The molecule has 0 aliphatic heterocycles. The van der Waals surface area contributed by atoms with E-state index in [1.807, 2.05) is 6.07 Å². The van der Waals surface area contributed by atoms with Crippen molar-refractivity contribution in [2.75, 3.05) is 25.3 Å². The van der Waals surface area contributed by atoms with Crippen molar-refractivity contribution < 1.29 is 37.8 Å². The molecule has 0 saturated carbocycles. The summed E-state index contributed by atoms with van der Waals surface area (Å²) in [5, 5.41) is 25.1. The van der Waals surface area contributed by atoms with Crippen LogP contribution in [0.3, 0.4) is 0 Å². The van der Waals surface area contributed by atoms with Gasteiger partial charge in [0.15, 0.2) is 6.04 Å². The molecule has 14 nitrogen and oxygen atoms in total. The average molecular weight is 598 g/mol. The van der Waals surface area contributed by atoms with Crippen molar-refractivity contribution in [3.05, 3.63) is 53.1 Å². The number of aliphatic hydroxyl groups is 1. The van der Waals surface area contributed by atoms with Crippen molar-refractivity contribution in [2.24, 2.45) is 0 Å². The van der Waals surface area contributed by atoms with E-state index in [9.17, 15) is 29.3 Å². The maximum Gasteiger partial charge on any atom is 0.459 e. The Kier molecular flexibility index (Phi) is 12.8. The molecular weight excluding hydrogens is 565 g/mol. The smallest absolute Gasteiger partial charge is 0.459 e. The van der Waals surface area contributed by atoms with Crippen LogP contribution in [0.25, 0.3) is 0 Å². The highest BCUT2D eigenvalue weighted by Gasteiger charge is 2.37. The zero-order valence-electron chi connectivity index (χ0n) is 22.5. The number of nitriles is 1. The van der Waals surface area contributed by atoms with Gasteiger partial charge in [-0.3, -0.25) is 18.7 Å². The number of nitrogens with one attached hydrogen (secondary N) is 2. The predicted octanol–water partition coefficient (Wildman–Crippen LogP) is 2.71. The standard InChI is InChI=1S/C24H32N5O9PS/c1-15(2)37-22(31)16(3)28-39(34,38-17-9-7-6-8-10-17)36-14-19(35-4)21(30)18(13-25)29-12-11-20(26-23(29)32)27-24(33)40-5/h6-12,15-16,18-19,21,30H,14H2,1-5H3,(H,28,34)(H,26,27,32,33)/t16-,18+,19-,21+,39?/m1/s1. The Bertz CT molecular complexity index is 1290. The Labute approximate surface area is 235 Å². The van der Waals surface area contributed by atoms with Crippen molar-refractivity contribution in [3.63, 3.8) is 0 Å². The number of hydrogen-bond donors (Lipinski definition) is 3. The third-order valence-corrected chi connectivity index (χ3v) is 7.24. The zero-order valence-corrected chi connectivity index (χ0v) is 24.3. The zero-order chi connectivity index (χ0) is 29.9. The van der Waals surface area contributed by atoms with Crippen LogP contribution in [0.5, 0.6) is 5.75 Å². The molecule has 1 unspecified atom stereocenters. The van der Waals surface area contributed by atoms with Crippen LogP contribution in [0.15, 0.2) is 47.4 Å². The summed E-state index contributed by atoms with van der Waals surface area (Å²) >= 11 is 0.882. The fraction of sp³-hybridized carbons (Fsp3) is 0.458. The Morgan fingerprint density at radius 1 is 1.23 bits per heavy atom. The van der Waals surface area contributed by atoms with Gasteiger partial charge in [-0.25, -0.2) is 9.36 Å². The monoisotopic (exact) mass is 597 g/mol. The van der Waals surface area contributed by atoms with Crippen molar-refractivity contribution >= 4 is 36.5 Å². The van der Waals surface area contributed by atoms with Gasteiger partial charge in [-0.1, -0.05) is 30.0 Å². The van der Waals surface area contributed by atoms with Gasteiger partial charge in [-0.05, 0) is 45.2 Å². The van der Waals surface area contributed by atoms with Crippen LogP contribution in [0.4, 0.5) is 10.6 Å². The summed E-state index contributed by atoms with van der Waals surface area (Å²) in [6.45, 7) is 4.15. The number of carbonyl (C=O) groups is 2. The number of aliphatic hydroxyl groups excluding tert-OH is 1. The number of carbonyl (C=O) groups excluding carboxylic acids is 2. The molecular formula is C24H32N5O9PS. The summed E-state index contributed by atoms with van der Waals surface area (Å²) in [7, 11) is -3.08. The maximum absolute atomic E-state index is 13.7. The molecule has 0 aliphatic carbocycles. The molecule has 0 aliphatic rings. The van der Waals surface area contributed by atoms with Gasteiger partial charge in [0.2, 0.25) is 0 Å². The highest BCUT2D eigenvalue weighted by atomic mass is 32.2. The third-order valence-electron chi connectivity index (χ3n) is 5.12. The number of esters is 1. The quantitative estimate of drug-likeness (QED) is 0.213. The van der Waals surface area contributed by atoms with Gasteiger partial charge in [0, 0.05) is 13.3 Å².